The number of anilines is 1. The lowest BCUT2D eigenvalue weighted by atomic mass is 9.86. The highest BCUT2D eigenvalue weighted by atomic mass is 16.1. The van der Waals surface area contributed by atoms with Crippen LogP contribution in [0.15, 0.2) is 24.3 Å². The third kappa shape index (κ3) is 5.88. The van der Waals surface area contributed by atoms with E-state index in [1.807, 2.05) is 12.1 Å². The smallest absolute Gasteiger partial charge is 0.224 e. The number of nitrogens with one attached hydrogen (secondary N) is 2. The van der Waals surface area contributed by atoms with E-state index >= 15 is 0 Å². The predicted molar refractivity (Wildman–Crippen MR) is 88.3 cm³/mol. The van der Waals surface area contributed by atoms with Crippen LogP contribution in [0.3, 0.4) is 0 Å². The summed E-state index contributed by atoms with van der Waals surface area (Å²) in [5.41, 5.74) is 2.15. The Kier molecular flexibility index (Phi) is 6.74. The Morgan fingerprint density at radius 1 is 1.14 bits per heavy atom. The van der Waals surface area contributed by atoms with E-state index < -0.39 is 0 Å². The zero-order valence-corrected chi connectivity index (χ0v) is 13.2. The molecule has 0 radical (unpaired) electrons. The van der Waals surface area contributed by atoms with E-state index in [1.54, 1.807) is 0 Å². The van der Waals surface area contributed by atoms with E-state index in [4.69, 9.17) is 0 Å². The van der Waals surface area contributed by atoms with Crippen LogP contribution in [0.5, 0.6) is 0 Å². The van der Waals surface area contributed by atoms with E-state index in [2.05, 4.69) is 29.7 Å². The molecule has 0 saturated heterocycles. The normalized spacial score (nSPS) is 15.9. The second-order valence-corrected chi connectivity index (χ2v) is 6.07. The third-order valence-electron chi connectivity index (χ3n) is 4.32. The highest BCUT2D eigenvalue weighted by Gasteiger charge is 2.14. The van der Waals surface area contributed by atoms with Gasteiger partial charge in [0.05, 0.1) is 0 Å². The first-order valence-electron chi connectivity index (χ1n) is 8.37. The molecule has 0 aromatic heterocycles. The van der Waals surface area contributed by atoms with Crippen molar-refractivity contribution in [3.8, 4) is 0 Å². The highest BCUT2D eigenvalue weighted by molar-refractivity contribution is 5.90. The zero-order chi connectivity index (χ0) is 14.9. The maximum Gasteiger partial charge on any atom is 0.224 e. The molecule has 21 heavy (non-hydrogen) atoms. The molecule has 0 aliphatic heterocycles. The summed E-state index contributed by atoms with van der Waals surface area (Å²) in [5.74, 6) is 0.923. The second-order valence-electron chi connectivity index (χ2n) is 6.07. The van der Waals surface area contributed by atoms with Gasteiger partial charge in [0, 0.05) is 18.7 Å². The zero-order valence-electron chi connectivity index (χ0n) is 13.2. The van der Waals surface area contributed by atoms with Crippen LogP contribution in [-0.4, -0.2) is 12.5 Å². The van der Waals surface area contributed by atoms with E-state index in [1.165, 1.54) is 37.7 Å². The average Bonchev–Trinajstić information content (AvgIpc) is 2.53. The van der Waals surface area contributed by atoms with Crippen LogP contribution in [0.25, 0.3) is 0 Å². The number of amides is 1. The Labute approximate surface area is 128 Å². The second kappa shape index (κ2) is 8.83. The van der Waals surface area contributed by atoms with Crippen LogP contribution >= 0.6 is 0 Å². The van der Waals surface area contributed by atoms with Crippen molar-refractivity contribution in [2.24, 2.45) is 5.92 Å². The van der Waals surface area contributed by atoms with Crippen molar-refractivity contribution in [2.45, 2.75) is 58.4 Å². The van der Waals surface area contributed by atoms with Gasteiger partial charge in [-0.05, 0) is 36.6 Å². The van der Waals surface area contributed by atoms with E-state index in [0.29, 0.717) is 6.42 Å². The molecule has 1 aromatic rings. The van der Waals surface area contributed by atoms with Crippen molar-refractivity contribution in [3.63, 3.8) is 0 Å². The number of carbonyl (C=O) groups excluding carboxylic acids is 1. The maximum absolute atomic E-state index is 12.0. The molecule has 3 heteroatoms. The molecule has 1 saturated carbocycles. The molecular formula is C18H28N2O. The lowest BCUT2D eigenvalue weighted by Gasteiger charge is -2.21. The summed E-state index contributed by atoms with van der Waals surface area (Å²) in [6, 6.07) is 8.12. The standard InChI is InChI=1S/C18H28N2O/c1-2-19-14-16-8-11-17(12-9-16)20-18(21)13-10-15-6-4-3-5-7-15/h8-9,11-12,15,19H,2-7,10,13-14H2,1H3,(H,20,21). The molecule has 0 heterocycles. The number of carbonyl (C=O) groups is 1. The van der Waals surface area contributed by atoms with Gasteiger partial charge in [-0.25, -0.2) is 0 Å². The van der Waals surface area contributed by atoms with Crippen molar-refractivity contribution in [1.82, 2.24) is 5.32 Å². The molecule has 1 aliphatic rings. The van der Waals surface area contributed by atoms with Crippen LogP contribution in [0.4, 0.5) is 5.69 Å². The largest absolute Gasteiger partial charge is 0.326 e. The molecule has 1 aromatic carbocycles. The van der Waals surface area contributed by atoms with Gasteiger partial charge in [0.25, 0.3) is 0 Å². The quantitative estimate of drug-likeness (QED) is 0.793. The Bertz CT molecular complexity index is 421. The molecule has 1 amide bonds. The third-order valence-corrected chi connectivity index (χ3v) is 4.32. The number of hydrogen-bond acceptors (Lipinski definition) is 2. The van der Waals surface area contributed by atoms with Gasteiger partial charge >= 0.3 is 0 Å². The lowest BCUT2D eigenvalue weighted by Crippen LogP contribution is -2.15. The van der Waals surface area contributed by atoms with Gasteiger partial charge in [-0.1, -0.05) is 51.2 Å². The van der Waals surface area contributed by atoms with Gasteiger partial charge in [-0.3, -0.25) is 4.79 Å². The Balaban J connectivity index is 1.71. The summed E-state index contributed by atoms with van der Waals surface area (Å²) in [5, 5.41) is 6.30. The SMILES string of the molecule is CCNCc1ccc(NC(=O)CCC2CCCCC2)cc1. The lowest BCUT2D eigenvalue weighted by molar-refractivity contribution is -0.116. The van der Waals surface area contributed by atoms with Crippen molar-refractivity contribution < 1.29 is 4.79 Å². The van der Waals surface area contributed by atoms with Gasteiger partial charge < -0.3 is 10.6 Å². The summed E-state index contributed by atoms with van der Waals surface area (Å²) < 4.78 is 0. The molecule has 1 aliphatic carbocycles. The minimum Gasteiger partial charge on any atom is -0.326 e. The molecular weight excluding hydrogens is 260 g/mol. The molecule has 116 valence electrons. The number of rotatable bonds is 7. The van der Waals surface area contributed by atoms with Crippen LogP contribution in [0.1, 0.15) is 57.4 Å². The monoisotopic (exact) mass is 288 g/mol. The van der Waals surface area contributed by atoms with Crippen molar-refractivity contribution in [2.75, 3.05) is 11.9 Å². The van der Waals surface area contributed by atoms with Crippen molar-refractivity contribution in [1.29, 1.82) is 0 Å². The fraction of sp³-hybridized carbons (Fsp3) is 0.611. The van der Waals surface area contributed by atoms with Gasteiger partial charge in [-0.15, -0.1) is 0 Å². The van der Waals surface area contributed by atoms with Crippen LogP contribution < -0.4 is 10.6 Å². The van der Waals surface area contributed by atoms with Gasteiger partial charge in [0.1, 0.15) is 0 Å². The van der Waals surface area contributed by atoms with Gasteiger partial charge in [0.2, 0.25) is 5.91 Å². The fourth-order valence-electron chi connectivity index (χ4n) is 3.01. The van der Waals surface area contributed by atoms with Gasteiger partial charge in [0.15, 0.2) is 0 Å². The van der Waals surface area contributed by atoms with Crippen molar-refractivity contribution >= 4 is 11.6 Å². The first-order valence-corrected chi connectivity index (χ1v) is 8.37. The summed E-state index contributed by atoms with van der Waals surface area (Å²) in [7, 11) is 0. The number of hydrogen-bond donors (Lipinski definition) is 2. The minimum atomic E-state index is 0.153. The summed E-state index contributed by atoms with van der Waals surface area (Å²) in [4.78, 5) is 12.0. The first kappa shape index (κ1) is 16.0. The maximum atomic E-state index is 12.0. The summed E-state index contributed by atoms with van der Waals surface area (Å²) in [6.07, 6.45) is 8.40. The summed E-state index contributed by atoms with van der Waals surface area (Å²) >= 11 is 0. The Morgan fingerprint density at radius 3 is 2.52 bits per heavy atom. The minimum absolute atomic E-state index is 0.153. The molecule has 0 unspecified atom stereocenters. The molecule has 3 nitrogen and oxygen atoms in total. The van der Waals surface area contributed by atoms with E-state index in [9.17, 15) is 4.79 Å². The topological polar surface area (TPSA) is 41.1 Å². The Hall–Kier alpha value is -1.35. The average molecular weight is 288 g/mol. The molecule has 1 fully saturated rings. The predicted octanol–water partition coefficient (Wildman–Crippen LogP) is 4.10. The highest BCUT2D eigenvalue weighted by Crippen LogP contribution is 2.27. The molecule has 0 spiro atoms. The van der Waals surface area contributed by atoms with Crippen LogP contribution in [-0.2, 0) is 11.3 Å². The van der Waals surface area contributed by atoms with Crippen LogP contribution in [0.2, 0.25) is 0 Å². The molecule has 2 N–H and O–H groups in total. The van der Waals surface area contributed by atoms with Gasteiger partial charge in [-0.2, -0.15) is 0 Å². The fourth-order valence-corrected chi connectivity index (χ4v) is 3.01. The van der Waals surface area contributed by atoms with Crippen LogP contribution in [0, 0.1) is 5.92 Å². The summed E-state index contributed by atoms with van der Waals surface area (Å²) in [6.45, 7) is 3.95. The number of benzene rings is 1. The Morgan fingerprint density at radius 2 is 1.86 bits per heavy atom. The van der Waals surface area contributed by atoms with Crippen molar-refractivity contribution in [3.05, 3.63) is 29.8 Å². The molecule has 2 rings (SSSR count). The van der Waals surface area contributed by atoms with E-state index in [-0.39, 0.29) is 5.91 Å². The first-order chi connectivity index (χ1) is 10.3. The van der Waals surface area contributed by atoms with E-state index in [0.717, 1.165) is 31.1 Å². The molecule has 0 bridgehead atoms. The molecule has 0 atom stereocenters.